The molecule has 1 aromatic heterocycles. The fraction of sp³-hybridized carbons (Fsp3) is 0.333. The van der Waals surface area contributed by atoms with Crippen LogP contribution >= 0.6 is 0 Å². The summed E-state index contributed by atoms with van der Waals surface area (Å²) in [7, 11) is -3.62. The molecule has 4 rings (SSSR count). The van der Waals surface area contributed by atoms with E-state index in [0.29, 0.717) is 18.6 Å². The van der Waals surface area contributed by atoms with Crippen LogP contribution in [0.5, 0.6) is 0 Å². The molecule has 3 aromatic rings. The quantitative estimate of drug-likeness (QED) is 0.599. The molecule has 0 aliphatic carbocycles. The molecule has 0 unspecified atom stereocenters. The van der Waals surface area contributed by atoms with Gasteiger partial charge in [0, 0.05) is 38.7 Å². The van der Waals surface area contributed by atoms with Crippen LogP contribution in [-0.2, 0) is 27.9 Å². The van der Waals surface area contributed by atoms with Gasteiger partial charge in [-0.15, -0.1) is 0 Å². The number of hydrogen-bond acceptors (Lipinski definition) is 5. The Morgan fingerprint density at radius 2 is 1.81 bits per heavy atom. The summed E-state index contributed by atoms with van der Waals surface area (Å²) in [5.74, 6) is -1.28. The van der Waals surface area contributed by atoms with Gasteiger partial charge in [0.2, 0.25) is 15.9 Å². The van der Waals surface area contributed by atoms with Crippen LogP contribution in [0.2, 0.25) is 0 Å². The molecule has 1 N–H and O–H groups in total. The molecule has 0 spiro atoms. The predicted octanol–water partition coefficient (Wildman–Crippen LogP) is 2.22. The summed E-state index contributed by atoms with van der Waals surface area (Å²) in [4.78, 5) is 24.5. The van der Waals surface area contributed by atoms with Crippen molar-refractivity contribution < 1.29 is 22.0 Å². The number of fused-ring (bicyclic) bond motifs is 1. The number of aromatic nitrogens is 1. The number of nitrogens with one attached hydrogen (secondary N) is 1. The Labute approximate surface area is 178 Å². The highest BCUT2D eigenvalue weighted by atomic mass is 32.2. The second-order valence-electron chi connectivity index (χ2n) is 7.41. The number of aryl methyl sites for hydroxylation is 1. The molecule has 0 atom stereocenters. The first-order valence-electron chi connectivity index (χ1n) is 9.99. The van der Waals surface area contributed by atoms with Crippen LogP contribution < -0.4 is 11.1 Å². The summed E-state index contributed by atoms with van der Waals surface area (Å²) in [6.45, 7) is 1.30. The Hall–Kier alpha value is -2.98. The van der Waals surface area contributed by atoms with Crippen molar-refractivity contribution >= 4 is 27.0 Å². The lowest BCUT2D eigenvalue weighted by Gasteiger charge is -2.15. The zero-order chi connectivity index (χ0) is 22.0. The van der Waals surface area contributed by atoms with Gasteiger partial charge in [0.15, 0.2) is 5.58 Å². The van der Waals surface area contributed by atoms with Gasteiger partial charge in [0.1, 0.15) is 5.82 Å². The number of sulfonamides is 1. The molecule has 1 aliphatic heterocycles. The summed E-state index contributed by atoms with van der Waals surface area (Å²) < 4.78 is 46.3. The minimum absolute atomic E-state index is 0.0313. The first-order chi connectivity index (χ1) is 14.8. The zero-order valence-corrected chi connectivity index (χ0v) is 17.5. The first kappa shape index (κ1) is 21.3. The second-order valence-corrected chi connectivity index (χ2v) is 9.35. The minimum atomic E-state index is -3.62. The van der Waals surface area contributed by atoms with E-state index in [1.165, 1.54) is 39.2 Å². The molecular weight excluding hydrogens is 425 g/mol. The maximum atomic E-state index is 12.9. The van der Waals surface area contributed by atoms with Crippen LogP contribution in [-0.4, -0.2) is 36.3 Å². The van der Waals surface area contributed by atoms with Gasteiger partial charge in [-0.05, 0) is 42.7 Å². The average Bonchev–Trinajstić information content (AvgIpc) is 3.39. The van der Waals surface area contributed by atoms with Crippen molar-refractivity contribution in [3.63, 3.8) is 0 Å². The topological polar surface area (TPSA) is 102 Å². The predicted molar refractivity (Wildman–Crippen MR) is 111 cm³/mol. The first-order valence-corrected chi connectivity index (χ1v) is 11.4. The highest BCUT2D eigenvalue weighted by Gasteiger charge is 2.28. The van der Waals surface area contributed by atoms with E-state index in [1.54, 1.807) is 12.1 Å². The molecule has 1 amide bonds. The molecule has 0 radical (unpaired) electrons. The fourth-order valence-corrected chi connectivity index (χ4v) is 5.13. The van der Waals surface area contributed by atoms with Gasteiger partial charge in [-0.2, -0.15) is 4.31 Å². The van der Waals surface area contributed by atoms with Gasteiger partial charge in [-0.1, -0.05) is 12.1 Å². The average molecular weight is 447 g/mol. The van der Waals surface area contributed by atoms with E-state index in [2.05, 4.69) is 5.32 Å². The van der Waals surface area contributed by atoms with Gasteiger partial charge in [-0.3, -0.25) is 9.36 Å². The largest absolute Gasteiger partial charge is 0.419 e. The number of benzene rings is 2. The van der Waals surface area contributed by atoms with E-state index < -0.39 is 15.8 Å². The standard InChI is InChI=1S/C21H22FN3O5S/c22-16-5-3-15(4-6-16)14-23-20(26)9-12-25-18-8-7-17(13-19(18)30-21(25)27)31(28,29)24-10-1-2-11-24/h3-8,13H,1-2,9-12,14H2,(H,23,26). The summed E-state index contributed by atoms with van der Waals surface area (Å²) in [6.07, 6.45) is 1.69. The molecule has 1 aliphatic rings. The Morgan fingerprint density at radius 3 is 2.52 bits per heavy atom. The van der Waals surface area contributed by atoms with Gasteiger partial charge < -0.3 is 9.73 Å². The highest BCUT2D eigenvalue weighted by Crippen LogP contribution is 2.24. The van der Waals surface area contributed by atoms with Gasteiger partial charge in [0.05, 0.1) is 10.4 Å². The van der Waals surface area contributed by atoms with Crippen LogP contribution in [0, 0.1) is 5.82 Å². The lowest BCUT2D eigenvalue weighted by atomic mass is 10.2. The Kier molecular flexibility index (Phi) is 5.92. The van der Waals surface area contributed by atoms with Crippen LogP contribution in [0.3, 0.4) is 0 Å². The summed E-state index contributed by atoms with van der Waals surface area (Å²) in [5, 5.41) is 2.72. The number of halogens is 1. The van der Waals surface area contributed by atoms with Crippen molar-refractivity contribution in [2.24, 2.45) is 0 Å². The Bertz CT molecular complexity index is 1260. The third-order valence-electron chi connectivity index (χ3n) is 5.31. The van der Waals surface area contributed by atoms with Gasteiger partial charge in [-0.25, -0.2) is 17.6 Å². The molecule has 1 fully saturated rings. The maximum Gasteiger partial charge on any atom is 0.419 e. The third-order valence-corrected chi connectivity index (χ3v) is 7.20. The monoisotopic (exact) mass is 447 g/mol. The lowest BCUT2D eigenvalue weighted by molar-refractivity contribution is -0.121. The molecule has 8 nitrogen and oxygen atoms in total. The Balaban J connectivity index is 1.44. The molecule has 2 heterocycles. The van der Waals surface area contributed by atoms with Crippen LogP contribution in [0.1, 0.15) is 24.8 Å². The third kappa shape index (κ3) is 4.54. The molecule has 0 bridgehead atoms. The SMILES string of the molecule is O=C(CCn1c(=O)oc2cc(S(=O)(=O)N3CCCC3)ccc21)NCc1ccc(F)cc1. The number of hydrogen-bond donors (Lipinski definition) is 1. The van der Waals surface area contributed by atoms with Crippen molar-refractivity contribution in [1.82, 2.24) is 14.2 Å². The maximum absolute atomic E-state index is 12.9. The molecule has 31 heavy (non-hydrogen) atoms. The molecule has 164 valence electrons. The van der Waals surface area contributed by atoms with Crippen LogP contribution in [0.25, 0.3) is 11.1 Å². The molecule has 1 saturated heterocycles. The summed E-state index contributed by atoms with van der Waals surface area (Å²) in [6, 6.07) is 10.1. The van der Waals surface area contributed by atoms with Crippen molar-refractivity contribution in [2.75, 3.05) is 13.1 Å². The molecule has 0 saturated carbocycles. The van der Waals surface area contributed by atoms with Crippen molar-refractivity contribution in [1.29, 1.82) is 0 Å². The second kappa shape index (κ2) is 8.64. The van der Waals surface area contributed by atoms with Crippen molar-refractivity contribution in [2.45, 2.75) is 37.2 Å². The van der Waals surface area contributed by atoms with Crippen molar-refractivity contribution in [3.05, 3.63) is 64.4 Å². The van der Waals surface area contributed by atoms with Crippen LogP contribution in [0.15, 0.2) is 56.6 Å². The van der Waals surface area contributed by atoms with E-state index in [4.69, 9.17) is 4.42 Å². The number of carbonyl (C=O) groups is 1. The minimum Gasteiger partial charge on any atom is -0.408 e. The van der Waals surface area contributed by atoms with Gasteiger partial charge >= 0.3 is 5.76 Å². The smallest absolute Gasteiger partial charge is 0.408 e. The van der Waals surface area contributed by atoms with E-state index >= 15 is 0 Å². The lowest BCUT2D eigenvalue weighted by Crippen LogP contribution is -2.27. The number of oxazole rings is 1. The van der Waals surface area contributed by atoms with E-state index in [1.807, 2.05) is 0 Å². The fourth-order valence-electron chi connectivity index (χ4n) is 3.60. The molecule has 10 heteroatoms. The van der Waals surface area contributed by atoms with E-state index in [-0.39, 0.29) is 41.7 Å². The number of nitrogens with zero attached hydrogens (tertiary/aromatic N) is 2. The van der Waals surface area contributed by atoms with Crippen LogP contribution in [0.4, 0.5) is 4.39 Å². The highest BCUT2D eigenvalue weighted by molar-refractivity contribution is 7.89. The van der Waals surface area contributed by atoms with E-state index in [0.717, 1.165) is 18.4 Å². The Morgan fingerprint density at radius 1 is 1.10 bits per heavy atom. The molecular formula is C21H22FN3O5S. The number of amides is 1. The number of carbonyl (C=O) groups excluding carboxylic acids is 1. The normalized spacial score (nSPS) is 14.9. The summed E-state index contributed by atoms with van der Waals surface area (Å²) in [5.41, 5.74) is 1.35. The summed E-state index contributed by atoms with van der Waals surface area (Å²) >= 11 is 0. The van der Waals surface area contributed by atoms with E-state index in [9.17, 15) is 22.4 Å². The zero-order valence-electron chi connectivity index (χ0n) is 16.7. The number of rotatable bonds is 7. The van der Waals surface area contributed by atoms with Gasteiger partial charge in [0.25, 0.3) is 0 Å². The molecule has 2 aromatic carbocycles. The van der Waals surface area contributed by atoms with Crippen molar-refractivity contribution in [3.8, 4) is 0 Å².